The van der Waals surface area contributed by atoms with Gasteiger partial charge in [0.1, 0.15) is 12.4 Å². The molecule has 0 aliphatic rings. The van der Waals surface area contributed by atoms with Crippen LogP contribution in [-0.2, 0) is 17.9 Å². The average molecular weight is 351 g/mol. The van der Waals surface area contributed by atoms with Crippen LogP contribution in [0.2, 0.25) is 0 Å². The molecule has 2 rings (SSSR count). The van der Waals surface area contributed by atoms with E-state index in [1.54, 1.807) is 19.5 Å². The van der Waals surface area contributed by atoms with Crippen LogP contribution in [0.5, 0.6) is 5.75 Å². The predicted molar refractivity (Wildman–Crippen MR) is 86.3 cm³/mol. The second kappa shape index (κ2) is 8.77. The Morgan fingerprint density at radius 3 is 2.67 bits per heavy atom. The molecule has 0 saturated carbocycles. The van der Waals surface area contributed by atoms with Crippen molar-refractivity contribution in [1.82, 2.24) is 10.3 Å². The van der Waals surface area contributed by atoms with Crippen LogP contribution in [0.4, 0.5) is 0 Å². The lowest BCUT2D eigenvalue weighted by Crippen LogP contribution is -2.18. The highest BCUT2D eigenvalue weighted by atomic mass is 79.9. The van der Waals surface area contributed by atoms with Gasteiger partial charge in [0.05, 0.1) is 11.1 Å². The van der Waals surface area contributed by atoms with Gasteiger partial charge >= 0.3 is 0 Å². The van der Waals surface area contributed by atoms with E-state index in [0.717, 1.165) is 28.9 Å². The monoisotopic (exact) mass is 350 g/mol. The molecule has 0 amide bonds. The van der Waals surface area contributed by atoms with Crippen molar-refractivity contribution in [3.05, 3.63) is 58.3 Å². The fourth-order valence-electron chi connectivity index (χ4n) is 1.82. The molecule has 0 aliphatic heterocycles. The summed E-state index contributed by atoms with van der Waals surface area (Å²) >= 11 is 3.55. The molecular weight excluding hydrogens is 332 g/mol. The molecule has 5 heteroatoms. The van der Waals surface area contributed by atoms with Crippen molar-refractivity contribution in [2.45, 2.75) is 13.2 Å². The summed E-state index contributed by atoms with van der Waals surface area (Å²) in [6.45, 7) is 2.90. The Kier molecular flexibility index (Phi) is 6.66. The number of halogens is 1. The number of benzene rings is 1. The van der Waals surface area contributed by atoms with E-state index < -0.39 is 0 Å². The van der Waals surface area contributed by atoms with Crippen LogP contribution < -0.4 is 10.1 Å². The summed E-state index contributed by atoms with van der Waals surface area (Å²) in [4.78, 5) is 3.99. The molecule has 1 N–H and O–H groups in total. The normalized spacial score (nSPS) is 10.6. The molecule has 112 valence electrons. The molecule has 0 fully saturated rings. The fourth-order valence-corrected chi connectivity index (χ4v) is 2.36. The molecule has 0 spiro atoms. The number of ether oxygens (including phenoxy) is 2. The Bertz CT molecular complexity index is 549. The summed E-state index contributed by atoms with van der Waals surface area (Å²) in [6.07, 6.45) is 3.53. The van der Waals surface area contributed by atoms with Crippen LogP contribution in [-0.4, -0.2) is 25.2 Å². The summed E-state index contributed by atoms with van der Waals surface area (Å²) < 4.78 is 11.8. The molecular formula is C16H19BrN2O2. The van der Waals surface area contributed by atoms with Crippen LogP contribution >= 0.6 is 15.9 Å². The molecule has 0 atom stereocenters. The maximum absolute atomic E-state index is 5.81. The van der Waals surface area contributed by atoms with Gasteiger partial charge in [0.15, 0.2) is 0 Å². The predicted octanol–water partition coefficient (Wildman–Crippen LogP) is 3.16. The van der Waals surface area contributed by atoms with Gasteiger partial charge in [-0.15, -0.1) is 0 Å². The Morgan fingerprint density at radius 2 is 1.95 bits per heavy atom. The van der Waals surface area contributed by atoms with Gasteiger partial charge < -0.3 is 14.8 Å². The summed E-state index contributed by atoms with van der Waals surface area (Å²) in [7, 11) is 1.70. The van der Waals surface area contributed by atoms with Gasteiger partial charge in [-0.2, -0.15) is 0 Å². The van der Waals surface area contributed by atoms with Crippen molar-refractivity contribution in [2.24, 2.45) is 0 Å². The smallest absolute Gasteiger partial charge is 0.134 e. The third-order valence-corrected chi connectivity index (χ3v) is 3.57. The molecule has 0 aliphatic carbocycles. The van der Waals surface area contributed by atoms with E-state index in [9.17, 15) is 0 Å². The first-order valence-electron chi connectivity index (χ1n) is 6.79. The van der Waals surface area contributed by atoms with E-state index in [1.165, 1.54) is 5.56 Å². The number of nitrogens with zero attached hydrogens (tertiary/aromatic N) is 1. The van der Waals surface area contributed by atoms with Gasteiger partial charge in [0, 0.05) is 32.6 Å². The Labute approximate surface area is 133 Å². The molecule has 0 radical (unpaired) electrons. The van der Waals surface area contributed by atoms with Crippen molar-refractivity contribution < 1.29 is 9.47 Å². The molecule has 0 saturated heterocycles. The van der Waals surface area contributed by atoms with E-state index in [-0.39, 0.29) is 0 Å². The number of hydrogen-bond acceptors (Lipinski definition) is 4. The van der Waals surface area contributed by atoms with Crippen LogP contribution in [0.25, 0.3) is 0 Å². The second-order valence-electron chi connectivity index (χ2n) is 4.58. The van der Waals surface area contributed by atoms with Gasteiger partial charge in [0.2, 0.25) is 0 Å². The first-order chi connectivity index (χ1) is 10.3. The maximum Gasteiger partial charge on any atom is 0.134 e. The van der Waals surface area contributed by atoms with Gasteiger partial charge in [-0.1, -0.05) is 6.07 Å². The van der Waals surface area contributed by atoms with E-state index in [1.807, 2.05) is 18.2 Å². The molecule has 1 aromatic carbocycles. The topological polar surface area (TPSA) is 43.4 Å². The number of nitrogens with one attached hydrogen (secondary N) is 1. The van der Waals surface area contributed by atoms with Crippen molar-refractivity contribution in [1.29, 1.82) is 0 Å². The molecule has 0 bridgehead atoms. The lowest BCUT2D eigenvalue weighted by Gasteiger charge is -2.10. The SMILES string of the molecule is COCCNCc1ccc(OCc2ccncc2)c(Br)c1. The van der Waals surface area contributed by atoms with E-state index >= 15 is 0 Å². The fraction of sp³-hybridized carbons (Fsp3) is 0.312. The minimum absolute atomic E-state index is 0.534. The highest BCUT2D eigenvalue weighted by Crippen LogP contribution is 2.26. The number of pyridine rings is 1. The van der Waals surface area contributed by atoms with Crippen LogP contribution in [0.3, 0.4) is 0 Å². The summed E-state index contributed by atoms with van der Waals surface area (Å²) in [6, 6.07) is 10.0. The largest absolute Gasteiger partial charge is 0.488 e. The second-order valence-corrected chi connectivity index (χ2v) is 5.43. The van der Waals surface area contributed by atoms with Gasteiger partial charge in [-0.3, -0.25) is 4.98 Å². The minimum atomic E-state index is 0.534. The van der Waals surface area contributed by atoms with Gasteiger partial charge in [-0.05, 0) is 51.3 Å². The van der Waals surface area contributed by atoms with Crippen molar-refractivity contribution in [3.63, 3.8) is 0 Å². The summed E-state index contributed by atoms with van der Waals surface area (Å²) in [5, 5.41) is 3.31. The molecule has 1 heterocycles. The zero-order valence-electron chi connectivity index (χ0n) is 12.0. The average Bonchev–Trinajstić information content (AvgIpc) is 2.52. The van der Waals surface area contributed by atoms with E-state index in [4.69, 9.17) is 9.47 Å². The third kappa shape index (κ3) is 5.46. The Hall–Kier alpha value is -1.43. The van der Waals surface area contributed by atoms with Crippen LogP contribution in [0.1, 0.15) is 11.1 Å². The lowest BCUT2D eigenvalue weighted by molar-refractivity contribution is 0.199. The zero-order chi connectivity index (χ0) is 14.9. The molecule has 0 unspecified atom stereocenters. The van der Waals surface area contributed by atoms with E-state index in [2.05, 4.69) is 38.4 Å². The van der Waals surface area contributed by atoms with Gasteiger partial charge in [0.25, 0.3) is 0 Å². The Balaban J connectivity index is 1.87. The number of hydrogen-bond donors (Lipinski definition) is 1. The lowest BCUT2D eigenvalue weighted by atomic mass is 10.2. The molecule has 1 aromatic heterocycles. The van der Waals surface area contributed by atoms with Crippen molar-refractivity contribution in [2.75, 3.05) is 20.3 Å². The summed E-state index contributed by atoms with van der Waals surface area (Å²) in [5.74, 6) is 0.840. The first kappa shape index (κ1) is 15.9. The summed E-state index contributed by atoms with van der Waals surface area (Å²) in [5.41, 5.74) is 2.30. The molecule has 21 heavy (non-hydrogen) atoms. The number of aromatic nitrogens is 1. The minimum Gasteiger partial charge on any atom is -0.488 e. The molecule has 2 aromatic rings. The number of methoxy groups -OCH3 is 1. The molecule has 4 nitrogen and oxygen atoms in total. The highest BCUT2D eigenvalue weighted by molar-refractivity contribution is 9.10. The number of rotatable bonds is 8. The van der Waals surface area contributed by atoms with E-state index in [0.29, 0.717) is 13.2 Å². The standard InChI is InChI=1S/C16H19BrN2O2/c1-20-9-8-19-11-14-2-3-16(15(17)10-14)21-12-13-4-6-18-7-5-13/h2-7,10,19H,8-9,11-12H2,1H3. The highest BCUT2D eigenvalue weighted by Gasteiger charge is 2.03. The quantitative estimate of drug-likeness (QED) is 0.742. The van der Waals surface area contributed by atoms with Gasteiger partial charge in [-0.25, -0.2) is 0 Å². The van der Waals surface area contributed by atoms with Crippen molar-refractivity contribution >= 4 is 15.9 Å². The first-order valence-corrected chi connectivity index (χ1v) is 7.58. The third-order valence-electron chi connectivity index (χ3n) is 2.95. The van der Waals surface area contributed by atoms with Crippen molar-refractivity contribution in [3.8, 4) is 5.75 Å². The maximum atomic E-state index is 5.81. The Morgan fingerprint density at radius 1 is 1.14 bits per heavy atom. The van der Waals surface area contributed by atoms with Crippen LogP contribution in [0, 0.1) is 0 Å². The van der Waals surface area contributed by atoms with Crippen LogP contribution in [0.15, 0.2) is 47.2 Å². The zero-order valence-corrected chi connectivity index (χ0v) is 13.6.